The summed E-state index contributed by atoms with van der Waals surface area (Å²) in [6.45, 7) is 0.444. The number of nitrogen functional groups attached to an aromatic ring is 1. The van der Waals surface area contributed by atoms with Crippen LogP contribution in [0.3, 0.4) is 0 Å². The first-order valence-corrected chi connectivity index (χ1v) is 6.06. The number of ether oxygens (including phenoxy) is 1. The van der Waals surface area contributed by atoms with Crippen molar-refractivity contribution in [2.45, 2.75) is 6.54 Å². The summed E-state index contributed by atoms with van der Waals surface area (Å²) in [6, 6.07) is 10.8. The van der Waals surface area contributed by atoms with Crippen LogP contribution in [0.15, 0.2) is 42.6 Å². The lowest BCUT2D eigenvalue weighted by molar-refractivity contribution is 0.0950. The minimum Gasteiger partial charge on any atom is -0.497 e. The molecule has 0 radical (unpaired) electrons. The number of nitrogens with two attached hydrogens (primary N) is 1. The van der Waals surface area contributed by atoms with E-state index >= 15 is 0 Å². The lowest BCUT2D eigenvalue weighted by atomic mass is 10.2. The van der Waals surface area contributed by atoms with Gasteiger partial charge in [-0.25, -0.2) is 10.8 Å². The Kier molecular flexibility index (Phi) is 4.52. The van der Waals surface area contributed by atoms with E-state index in [1.165, 1.54) is 6.20 Å². The molecule has 1 aromatic carbocycles. The average molecular weight is 272 g/mol. The Hall–Kier alpha value is -2.60. The maximum atomic E-state index is 11.9. The molecule has 1 amide bonds. The third-order valence-corrected chi connectivity index (χ3v) is 2.79. The second kappa shape index (κ2) is 6.53. The standard InChI is InChI=1S/C14H16N4O2/c1-20-12-5-2-10(3-6-12)8-17-14(19)11-4-7-13(18-15)16-9-11/h2-7,9H,8,15H2,1H3,(H,16,18)(H,17,19). The summed E-state index contributed by atoms with van der Waals surface area (Å²) in [6.07, 6.45) is 1.47. The fourth-order valence-electron chi connectivity index (χ4n) is 1.64. The van der Waals surface area contributed by atoms with Crippen molar-refractivity contribution >= 4 is 11.7 Å². The van der Waals surface area contributed by atoms with E-state index in [9.17, 15) is 4.79 Å². The number of aromatic nitrogens is 1. The van der Waals surface area contributed by atoms with Crippen LogP contribution in [0.25, 0.3) is 0 Å². The number of hydrogen-bond donors (Lipinski definition) is 3. The predicted molar refractivity (Wildman–Crippen MR) is 76.2 cm³/mol. The van der Waals surface area contributed by atoms with Gasteiger partial charge in [0.2, 0.25) is 0 Å². The number of pyridine rings is 1. The molecule has 2 aromatic rings. The molecule has 104 valence electrons. The number of carbonyl (C=O) groups excluding carboxylic acids is 1. The molecule has 20 heavy (non-hydrogen) atoms. The fourth-order valence-corrected chi connectivity index (χ4v) is 1.64. The lowest BCUT2D eigenvalue weighted by Crippen LogP contribution is -2.23. The van der Waals surface area contributed by atoms with Crippen molar-refractivity contribution in [2.24, 2.45) is 5.84 Å². The molecule has 0 saturated heterocycles. The van der Waals surface area contributed by atoms with Crippen molar-refractivity contribution in [3.05, 3.63) is 53.7 Å². The van der Waals surface area contributed by atoms with Crippen LogP contribution in [0, 0.1) is 0 Å². The topological polar surface area (TPSA) is 89.3 Å². The molecule has 0 unspecified atom stereocenters. The number of rotatable bonds is 5. The molecule has 0 saturated carbocycles. The zero-order valence-electron chi connectivity index (χ0n) is 11.1. The summed E-state index contributed by atoms with van der Waals surface area (Å²) >= 11 is 0. The van der Waals surface area contributed by atoms with Crippen LogP contribution in [0.2, 0.25) is 0 Å². The van der Waals surface area contributed by atoms with E-state index in [4.69, 9.17) is 10.6 Å². The maximum Gasteiger partial charge on any atom is 0.253 e. The number of hydrazine groups is 1. The number of anilines is 1. The van der Waals surface area contributed by atoms with Crippen molar-refractivity contribution in [3.8, 4) is 5.75 Å². The Morgan fingerprint density at radius 2 is 2.00 bits per heavy atom. The first-order valence-electron chi connectivity index (χ1n) is 6.06. The summed E-state index contributed by atoms with van der Waals surface area (Å²) < 4.78 is 5.07. The van der Waals surface area contributed by atoms with Crippen LogP contribution in [-0.2, 0) is 6.54 Å². The molecule has 4 N–H and O–H groups in total. The van der Waals surface area contributed by atoms with E-state index in [1.807, 2.05) is 24.3 Å². The number of methoxy groups -OCH3 is 1. The fraction of sp³-hybridized carbons (Fsp3) is 0.143. The lowest BCUT2D eigenvalue weighted by Gasteiger charge is -2.06. The van der Waals surface area contributed by atoms with Gasteiger partial charge >= 0.3 is 0 Å². The van der Waals surface area contributed by atoms with E-state index in [-0.39, 0.29) is 5.91 Å². The average Bonchev–Trinajstić information content (AvgIpc) is 2.53. The van der Waals surface area contributed by atoms with E-state index in [0.29, 0.717) is 17.9 Å². The summed E-state index contributed by atoms with van der Waals surface area (Å²) in [5.41, 5.74) is 3.88. The van der Waals surface area contributed by atoms with Gasteiger partial charge in [-0.2, -0.15) is 0 Å². The third kappa shape index (κ3) is 3.46. The third-order valence-electron chi connectivity index (χ3n) is 2.79. The highest BCUT2D eigenvalue weighted by Gasteiger charge is 2.05. The van der Waals surface area contributed by atoms with E-state index in [2.05, 4.69) is 15.7 Å². The molecule has 0 bridgehead atoms. The largest absolute Gasteiger partial charge is 0.497 e. The number of hydrogen-bond acceptors (Lipinski definition) is 5. The molecular formula is C14H16N4O2. The van der Waals surface area contributed by atoms with Crippen LogP contribution in [0.5, 0.6) is 5.75 Å². The van der Waals surface area contributed by atoms with Gasteiger partial charge in [0.15, 0.2) is 0 Å². The molecule has 2 rings (SSSR count). The summed E-state index contributed by atoms with van der Waals surface area (Å²) in [5.74, 6) is 6.32. The second-order valence-corrected chi connectivity index (χ2v) is 4.11. The monoisotopic (exact) mass is 272 g/mol. The van der Waals surface area contributed by atoms with Crippen LogP contribution in [0.4, 0.5) is 5.82 Å². The summed E-state index contributed by atoms with van der Waals surface area (Å²) in [5, 5.41) is 2.82. The maximum absolute atomic E-state index is 11.9. The smallest absolute Gasteiger partial charge is 0.253 e. The van der Waals surface area contributed by atoms with Gasteiger partial charge in [-0.1, -0.05) is 12.1 Å². The van der Waals surface area contributed by atoms with Crippen molar-refractivity contribution in [2.75, 3.05) is 12.5 Å². The van der Waals surface area contributed by atoms with Gasteiger partial charge in [-0.05, 0) is 29.8 Å². The van der Waals surface area contributed by atoms with Crippen molar-refractivity contribution in [1.82, 2.24) is 10.3 Å². The molecule has 1 aromatic heterocycles. The molecule has 0 aliphatic carbocycles. The number of benzene rings is 1. The number of nitrogens with one attached hydrogen (secondary N) is 2. The van der Waals surface area contributed by atoms with Gasteiger partial charge in [0.25, 0.3) is 5.91 Å². The molecule has 0 atom stereocenters. The highest BCUT2D eigenvalue weighted by molar-refractivity contribution is 5.93. The summed E-state index contributed by atoms with van der Waals surface area (Å²) in [4.78, 5) is 15.9. The van der Waals surface area contributed by atoms with Crippen LogP contribution in [0.1, 0.15) is 15.9 Å². The van der Waals surface area contributed by atoms with Gasteiger partial charge < -0.3 is 15.5 Å². The number of carbonyl (C=O) groups is 1. The van der Waals surface area contributed by atoms with Crippen LogP contribution in [-0.4, -0.2) is 18.0 Å². The van der Waals surface area contributed by atoms with E-state index < -0.39 is 0 Å². The molecule has 0 aliphatic heterocycles. The number of nitrogens with zero attached hydrogens (tertiary/aromatic N) is 1. The zero-order valence-corrected chi connectivity index (χ0v) is 11.1. The van der Waals surface area contributed by atoms with E-state index in [1.54, 1.807) is 19.2 Å². The molecule has 0 fully saturated rings. The zero-order chi connectivity index (χ0) is 14.4. The Morgan fingerprint density at radius 1 is 1.25 bits per heavy atom. The van der Waals surface area contributed by atoms with Crippen LogP contribution < -0.4 is 21.3 Å². The Bertz CT molecular complexity index is 567. The summed E-state index contributed by atoms with van der Waals surface area (Å²) in [7, 11) is 1.61. The highest BCUT2D eigenvalue weighted by Crippen LogP contribution is 2.11. The quantitative estimate of drug-likeness (QED) is 0.564. The normalized spacial score (nSPS) is 9.90. The van der Waals surface area contributed by atoms with Gasteiger partial charge in [-0.3, -0.25) is 4.79 Å². The van der Waals surface area contributed by atoms with Gasteiger partial charge in [0.05, 0.1) is 12.7 Å². The molecular weight excluding hydrogens is 256 g/mol. The van der Waals surface area contributed by atoms with Gasteiger partial charge in [0.1, 0.15) is 11.6 Å². The van der Waals surface area contributed by atoms with Gasteiger partial charge in [0, 0.05) is 12.7 Å². The molecule has 0 spiro atoms. The Balaban J connectivity index is 1.93. The van der Waals surface area contributed by atoms with E-state index in [0.717, 1.165) is 11.3 Å². The minimum atomic E-state index is -0.183. The minimum absolute atomic E-state index is 0.183. The van der Waals surface area contributed by atoms with Crippen molar-refractivity contribution in [3.63, 3.8) is 0 Å². The van der Waals surface area contributed by atoms with Crippen molar-refractivity contribution in [1.29, 1.82) is 0 Å². The second-order valence-electron chi connectivity index (χ2n) is 4.11. The Morgan fingerprint density at radius 3 is 2.55 bits per heavy atom. The Labute approximate surface area is 116 Å². The SMILES string of the molecule is COc1ccc(CNC(=O)c2ccc(NN)nc2)cc1. The number of amides is 1. The van der Waals surface area contributed by atoms with Crippen molar-refractivity contribution < 1.29 is 9.53 Å². The van der Waals surface area contributed by atoms with Crippen LogP contribution >= 0.6 is 0 Å². The highest BCUT2D eigenvalue weighted by atomic mass is 16.5. The predicted octanol–water partition coefficient (Wildman–Crippen LogP) is 1.31. The molecule has 0 aliphatic rings. The first kappa shape index (κ1) is 13.8. The first-order chi connectivity index (χ1) is 9.72. The molecule has 1 heterocycles. The molecule has 6 heteroatoms. The van der Waals surface area contributed by atoms with Gasteiger partial charge in [-0.15, -0.1) is 0 Å². The molecule has 6 nitrogen and oxygen atoms in total.